The van der Waals surface area contributed by atoms with Crippen molar-refractivity contribution in [3.63, 3.8) is 0 Å². The van der Waals surface area contributed by atoms with Gasteiger partial charge in [0.1, 0.15) is 0 Å². The molecule has 0 atom stereocenters. The fourth-order valence-corrected chi connectivity index (χ4v) is 11.2. The molecular formula is C58H49BN2. The highest BCUT2D eigenvalue weighted by Gasteiger charge is 2.44. The molecule has 0 saturated heterocycles. The molecule has 0 radical (unpaired) electrons. The first-order chi connectivity index (χ1) is 29.4. The van der Waals surface area contributed by atoms with Crippen molar-refractivity contribution in [3.8, 4) is 44.9 Å². The average molecular weight is 785 g/mol. The second-order valence-corrected chi connectivity index (χ2v) is 19.9. The van der Waals surface area contributed by atoms with Gasteiger partial charge in [-0.05, 0) is 133 Å². The zero-order chi connectivity index (χ0) is 41.7. The monoisotopic (exact) mass is 784 g/mol. The fraction of sp³-hybridized carbons (Fsp3) is 0.172. The van der Waals surface area contributed by atoms with Gasteiger partial charge in [0, 0.05) is 38.6 Å². The zero-order valence-electron chi connectivity index (χ0n) is 36.4. The highest BCUT2D eigenvalue weighted by atomic mass is 15.0. The molecule has 0 bridgehead atoms. The predicted molar refractivity (Wildman–Crippen MR) is 263 cm³/mol. The first kappa shape index (κ1) is 36.3. The minimum absolute atomic E-state index is 0.00367. The topological polar surface area (TPSA) is 9.86 Å². The van der Waals surface area contributed by atoms with Crippen molar-refractivity contribution >= 4 is 66.6 Å². The van der Waals surface area contributed by atoms with E-state index in [9.17, 15) is 0 Å². The number of aromatic nitrogens is 2. The van der Waals surface area contributed by atoms with Gasteiger partial charge in [0.25, 0.3) is 6.71 Å². The van der Waals surface area contributed by atoms with Crippen molar-refractivity contribution in [1.29, 1.82) is 0 Å². The van der Waals surface area contributed by atoms with Gasteiger partial charge < -0.3 is 9.13 Å². The van der Waals surface area contributed by atoms with Crippen LogP contribution in [0.1, 0.15) is 63.8 Å². The second-order valence-electron chi connectivity index (χ2n) is 19.9. The highest BCUT2D eigenvalue weighted by Crippen LogP contribution is 2.48. The molecule has 2 aliphatic rings. The minimum atomic E-state index is -0.0556. The molecule has 4 heterocycles. The molecule has 0 amide bonds. The Bertz CT molecular complexity index is 3470. The average Bonchev–Trinajstić information content (AvgIpc) is 3.77. The largest absolute Gasteiger partial charge is 0.310 e. The molecule has 3 heteroatoms. The van der Waals surface area contributed by atoms with Gasteiger partial charge >= 0.3 is 0 Å². The number of benzene rings is 8. The minimum Gasteiger partial charge on any atom is -0.310 e. The quantitative estimate of drug-likeness (QED) is 0.158. The van der Waals surface area contributed by atoms with Crippen molar-refractivity contribution in [2.75, 3.05) is 0 Å². The Kier molecular flexibility index (Phi) is 7.43. The van der Waals surface area contributed by atoms with Gasteiger partial charge in [0.2, 0.25) is 0 Å². The first-order valence-electron chi connectivity index (χ1n) is 22.0. The van der Waals surface area contributed by atoms with Crippen LogP contribution in [0, 0.1) is 13.8 Å². The summed E-state index contributed by atoms with van der Waals surface area (Å²) < 4.78 is 5.34. The second kappa shape index (κ2) is 12.5. The summed E-state index contributed by atoms with van der Waals surface area (Å²) >= 11 is 0. The van der Waals surface area contributed by atoms with Gasteiger partial charge in [0.15, 0.2) is 0 Å². The maximum atomic E-state index is 2.68. The van der Waals surface area contributed by atoms with E-state index >= 15 is 0 Å². The van der Waals surface area contributed by atoms with Crippen molar-refractivity contribution in [1.82, 2.24) is 9.13 Å². The summed E-state index contributed by atoms with van der Waals surface area (Å²) in [5.41, 5.74) is 23.5. The van der Waals surface area contributed by atoms with Crippen LogP contribution in [-0.4, -0.2) is 15.8 Å². The number of hydrogen-bond acceptors (Lipinski definition) is 0. The maximum Gasteiger partial charge on any atom is 0.253 e. The lowest BCUT2D eigenvalue weighted by atomic mass is 9.33. The van der Waals surface area contributed by atoms with Crippen LogP contribution >= 0.6 is 0 Å². The van der Waals surface area contributed by atoms with Crippen LogP contribution in [0.15, 0.2) is 152 Å². The molecule has 2 nitrogen and oxygen atoms in total. The SMILES string of the molecule is Cc1cccc(C)c1-c1cc2c3c(c1)-n1c4ccc(C(C)(C)C)cc4c4cc(C(C)(C)C)cc(c41)B3c1c3ccccc3cc3c(-c4ccccc4)c(-c4ccccc4)n-2c13. The number of nitrogens with zero attached hydrogens (tertiary/aromatic N) is 2. The van der Waals surface area contributed by atoms with E-state index in [2.05, 4.69) is 216 Å². The molecule has 0 saturated carbocycles. The Morgan fingerprint density at radius 2 is 1.05 bits per heavy atom. The molecule has 0 unspecified atom stereocenters. The maximum absolute atomic E-state index is 2.68. The van der Waals surface area contributed by atoms with Gasteiger partial charge in [0.05, 0.1) is 16.7 Å². The highest BCUT2D eigenvalue weighted by molar-refractivity contribution is 7.01. The van der Waals surface area contributed by atoms with E-state index in [0.29, 0.717) is 0 Å². The Labute approximate surface area is 359 Å². The molecule has 2 aromatic heterocycles. The van der Waals surface area contributed by atoms with Gasteiger partial charge in [-0.15, -0.1) is 0 Å². The molecule has 61 heavy (non-hydrogen) atoms. The summed E-state index contributed by atoms with van der Waals surface area (Å²) in [4.78, 5) is 0. The lowest BCUT2D eigenvalue weighted by molar-refractivity contribution is 0.590. The molecule has 2 aliphatic heterocycles. The Hall–Kier alpha value is -6.58. The predicted octanol–water partition coefficient (Wildman–Crippen LogP) is 13.2. The number of rotatable bonds is 3. The fourth-order valence-electron chi connectivity index (χ4n) is 11.2. The Morgan fingerprint density at radius 3 is 1.74 bits per heavy atom. The van der Waals surface area contributed by atoms with Crippen LogP contribution in [0.25, 0.3) is 88.4 Å². The van der Waals surface area contributed by atoms with Crippen molar-refractivity contribution in [2.45, 2.75) is 66.2 Å². The lowest BCUT2D eigenvalue weighted by Gasteiger charge is -2.36. The molecule has 0 N–H and O–H groups in total. The van der Waals surface area contributed by atoms with E-state index in [1.54, 1.807) is 0 Å². The molecule has 10 aromatic rings. The van der Waals surface area contributed by atoms with E-state index in [-0.39, 0.29) is 17.5 Å². The molecule has 12 rings (SSSR count). The van der Waals surface area contributed by atoms with Crippen LogP contribution in [0.4, 0.5) is 0 Å². The van der Waals surface area contributed by atoms with Gasteiger partial charge in [-0.1, -0.05) is 157 Å². The van der Waals surface area contributed by atoms with Crippen molar-refractivity contribution in [2.24, 2.45) is 0 Å². The Balaban J connectivity index is 1.37. The summed E-state index contributed by atoms with van der Waals surface area (Å²) in [5, 5.41) is 6.58. The van der Waals surface area contributed by atoms with Crippen LogP contribution in [0.2, 0.25) is 0 Å². The first-order valence-corrected chi connectivity index (χ1v) is 22.0. The third kappa shape index (κ3) is 5.04. The molecule has 0 spiro atoms. The third-order valence-corrected chi connectivity index (χ3v) is 14.0. The zero-order valence-corrected chi connectivity index (χ0v) is 36.4. The van der Waals surface area contributed by atoms with E-state index in [1.165, 1.54) is 127 Å². The van der Waals surface area contributed by atoms with Crippen LogP contribution < -0.4 is 16.4 Å². The summed E-state index contributed by atoms with van der Waals surface area (Å²) in [5.74, 6) is 0. The standard InChI is InChI=1S/C58H49BN2/c1-34-18-17-19-35(2)50(34)39-29-48-53-49(30-39)61-54(37-22-13-10-14-23-37)51(36-20-11-9-12-21-36)45-28-38-24-15-16-25-42(38)52(56(45)61)59(53)46-33-41(58(6,7)8)32-44-43-31-40(57(3,4)5)26-27-47(43)60(48)55(44)46/h9-33H,1-8H3. The van der Waals surface area contributed by atoms with E-state index in [4.69, 9.17) is 0 Å². The third-order valence-electron chi connectivity index (χ3n) is 14.0. The summed E-state index contributed by atoms with van der Waals surface area (Å²) in [6.45, 7) is 18.7. The molecule has 8 aromatic carbocycles. The van der Waals surface area contributed by atoms with Gasteiger partial charge in [-0.2, -0.15) is 0 Å². The molecule has 0 fully saturated rings. The van der Waals surface area contributed by atoms with Crippen LogP contribution in [-0.2, 0) is 10.8 Å². The Morgan fingerprint density at radius 1 is 0.426 bits per heavy atom. The van der Waals surface area contributed by atoms with Gasteiger partial charge in [-0.25, -0.2) is 0 Å². The summed E-state index contributed by atoms with van der Waals surface area (Å²) in [7, 11) is 0. The number of aryl methyl sites for hydroxylation is 2. The summed E-state index contributed by atoms with van der Waals surface area (Å²) in [6, 6.07) is 58.1. The number of hydrogen-bond donors (Lipinski definition) is 0. The van der Waals surface area contributed by atoms with E-state index in [0.717, 1.165) is 0 Å². The smallest absolute Gasteiger partial charge is 0.253 e. The molecule has 0 aliphatic carbocycles. The molecular weight excluding hydrogens is 735 g/mol. The van der Waals surface area contributed by atoms with E-state index in [1.807, 2.05) is 0 Å². The molecule has 294 valence electrons. The van der Waals surface area contributed by atoms with Crippen LogP contribution in [0.5, 0.6) is 0 Å². The van der Waals surface area contributed by atoms with Crippen LogP contribution in [0.3, 0.4) is 0 Å². The van der Waals surface area contributed by atoms with Crippen molar-refractivity contribution < 1.29 is 0 Å². The van der Waals surface area contributed by atoms with Gasteiger partial charge in [-0.3, -0.25) is 0 Å². The van der Waals surface area contributed by atoms with E-state index < -0.39 is 0 Å². The van der Waals surface area contributed by atoms with Crippen molar-refractivity contribution in [3.05, 3.63) is 174 Å². The normalized spacial score (nSPS) is 13.2. The summed E-state index contributed by atoms with van der Waals surface area (Å²) in [6.07, 6.45) is 0. The number of fused-ring (bicyclic) bond motifs is 9. The lowest BCUT2D eigenvalue weighted by Crippen LogP contribution is -2.60.